The molecule has 25 heavy (non-hydrogen) atoms. The molecule has 1 aliphatic rings. The monoisotopic (exact) mass is 398 g/mol. The van der Waals surface area contributed by atoms with E-state index in [1.54, 1.807) is 17.8 Å². The zero-order valence-electron chi connectivity index (χ0n) is 13.9. The van der Waals surface area contributed by atoms with Gasteiger partial charge in [-0.15, -0.1) is 11.8 Å². The van der Waals surface area contributed by atoms with Crippen LogP contribution in [-0.2, 0) is 0 Å². The van der Waals surface area contributed by atoms with Crippen LogP contribution in [0.2, 0.25) is 10.0 Å². The maximum absolute atomic E-state index is 6.32. The summed E-state index contributed by atoms with van der Waals surface area (Å²) in [6.07, 6.45) is 0.831. The molecule has 1 atom stereocenters. The van der Waals surface area contributed by atoms with Crippen LogP contribution in [0, 0.1) is 0 Å². The molecule has 1 aromatic heterocycles. The van der Waals surface area contributed by atoms with Crippen molar-refractivity contribution in [1.29, 1.82) is 0 Å². The molecule has 0 spiro atoms. The number of nitrogen functional groups attached to an aromatic ring is 1. The van der Waals surface area contributed by atoms with Crippen LogP contribution in [0.25, 0.3) is 0 Å². The SMILES string of the molecule is CCC(Sc1cccc(Cl)c1Cl)c1nc(N)nc(N2CCNCC2)n1. The number of nitrogens with two attached hydrogens (primary N) is 1. The molecule has 1 fully saturated rings. The fourth-order valence-electron chi connectivity index (χ4n) is 2.59. The molecule has 0 bridgehead atoms. The minimum Gasteiger partial charge on any atom is -0.368 e. The Bertz CT molecular complexity index is 739. The number of aromatic nitrogens is 3. The molecule has 3 N–H and O–H groups in total. The average Bonchev–Trinajstić information content (AvgIpc) is 2.63. The molecule has 9 heteroatoms. The predicted octanol–water partition coefficient (Wildman–Crippen LogP) is 3.41. The van der Waals surface area contributed by atoms with Crippen molar-refractivity contribution in [3.63, 3.8) is 0 Å². The Morgan fingerprint density at radius 2 is 2.00 bits per heavy atom. The molecule has 0 saturated carbocycles. The van der Waals surface area contributed by atoms with Crippen molar-refractivity contribution < 1.29 is 0 Å². The van der Waals surface area contributed by atoms with Gasteiger partial charge < -0.3 is 16.0 Å². The van der Waals surface area contributed by atoms with Gasteiger partial charge in [-0.2, -0.15) is 15.0 Å². The van der Waals surface area contributed by atoms with Crippen LogP contribution in [0.5, 0.6) is 0 Å². The summed E-state index contributed by atoms with van der Waals surface area (Å²) < 4.78 is 0. The van der Waals surface area contributed by atoms with Crippen molar-refractivity contribution in [2.24, 2.45) is 0 Å². The third kappa shape index (κ3) is 4.47. The first-order chi connectivity index (χ1) is 12.1. The zero-order valence-corrected chi connectivity index (χ0v) is 16.2. The molecular weight excluding hydrogens is 379 g/mol. The highest BCUT2D eigenvalue weighted by Crippen LogP contribution is 2.41. The minimum atomic E-state index is 0.0166. The lowest BCUT2D eigenvalue weighted by atomic mass is 10.3. The van der Waals surface area contributed by atoms with Gasteiger partial charge in [0.1, 0.15) is 5.82 Å². The lowest BCUT2D eigenvalue weighted by Crippen LogP contribution is -2.44. The van der Waals surface area contributed by atoms with Crippen LogP contribution in [0.3, 0.4) is 0 Å². The Kier molecular flexibility index (Phi) is 6.22. The van der Waals surface area contributed by atoms with Crippen LogP contribution >= 0.6 is 35.0 Å². The minimum absolute atomic E-state index is 0.0166. The Labute approximate surface area is 161 Å². The lowest BCUT2D eigenvalue weighted by molar-refractivity contribution is 0.577. The number of hydrogen-bond donors (Lipinski definition) is 2. The van der Waals surface area contributed by atoms with E-state index in [-0.39, 0.29) is 11.2 Å². The number of anilines is 2. The smallest absolute Gasteiger partial charge is 0.230 e. The van der Waals surface area contributed by atoms with Gasteiger partial charge in [0.25, 0.3) is 0 Å². The summed E-state index contributed by atoms with van der Waals surface area (Å²) in [6.45, 7) is 5.61. The van der Waals surface area contributed by atoms with Crippen molar-refractivity contribution in [3.05, 3.63) is 34.1 Å². The number of thioether (sulfide) groups is 1. The van der Waals surface area contributed by atoms with Crippen molar-refractivity contribution >= 4 is 46.9 Å². The van der Waals surface area contributed by atoms with E-state index >= 15 is 0 Å². The van der Waals surface area contributed by atoms with E-state index in [0.717, 1.165) is 37.5 Å². The van der Waals surface area contributed by atoms with Gasteiger partial charge in [-0.25, -0.2) is 0 Å². The maximum atomic E-state index is 6.32. The van der Waals surface area contributed by atoms with Crippen LogP contribution in [0.15, 0.2) is 23.1 Å². The van der Waals surface area contributed by atoms with Gasteiger partial charge in [0.2, 0.25) is 11.9 Å². The van der Waals surface area contributed by atoms with E-state index in [9.17, 15) is 0 Å². The molecule has 6 nitrogen and oxygen atoms in total. The van der Waals surface area contributed by atoms with Gasteiger partial charge in [-0.1, -0.05) is 36.2 Å². The van der Waals surface area contributed by atoms with Gasteiger partial charge in [-0.3, -0.25) is 0 Å². The molecule has 1 unspecified atom stereocenters. The highest BCUT2D eigenvalue weighted by molar-refractivity contribution is 7.99. The number of nitrogens with zero attached hydrogens (tertiary/aromatic N) is 4. The Morgan fingerprint density at radius 1 is 1.24 bits per heavy atom. The molecular formula is C16H20Cl2N6S. The molecule has 1 saturated heterocycles. The second kappa shape index (κ2) is 8.40. The van der Waals surface area contributed by atoms with E-state index in [4.69, 9.17) is 28.9 Å². The van der Waals surface area contributed by atoms with Gasteiger partial charge in [0.05, 0.1) is 15.3 Å². The topological polar surface area (TPSA) is 80.0 Å². The Hall–Kier alpha value is -1.28. The fraction of sp³-hybridized carbons (Fsp3) is 0.438. The highest BCUT2D eigenvalue weighted by Gasteiger charge is 2.21. The molecule has 0 aliphatic carbocycles. The normalized spacial score (nSPS) is 16.0. The van der Waals surface area contributed by atoms with Crippen molar-refractivity contribution in [2.45, 2.75) is 23.5 Å². The van der Waals surface area contributed by atoms with Gasteiger partial charge in [0.15, 0.2) is 0 Å². The molecule has 1 aliphatic heterocycles. The molecule has 1 aromatic carbocycles. The number of hydrogen-bond acceptors (Lipinski definition) is 7. The zero-order chi connectivity index (χ0) is 17.8. The predicted molar refractivity (Wildman–Crippen MR) is 105 cm³/mol. The summed E-state index contributed by atoms with van der Waals surface area (Å²) in [5, 5.41) is 4.43. The van der Waals surface area contributed by atoms with Crippen LogP contribution in [-0.4, -0.2) is 41.1 Å². The third-order valence-electron chi connectivity index (χ3n) is 3.90. The second-order valence-electron chi connectivity index (χ2n) is 5.66. The number of benzene rings is 1. The van der Waals surface area contributed by atoms with Crippen molar-refractivity contribution in [1.82, 2.24) is 20.3 Å². The molecule has 134 valence electrons. The van der Waals surface area contributed by atoms with E-state index < -0.39 is 0 Å². The summed E-state index contributed by atoms with van der Waals surface area (Å²) in [5.74, 6) is 1.56. The Morgan fingerprint density at radius 3 is 2.72 bits per heavy atom. The van der Waals surface area contributed by atoms with Gasteiger partial charge >= 0.3 is 0 Å². The molecule has 2 aromatic rings. The standard InChI is InChI=1S/C16H20Cl2N6S/c1-2-11(25-12-5-3-4-10(17)13(12)18)14-21-15(19)23-16(22-14)24-8-6-20-7-9-24/h3-5,11,20H,2,6-9H2,1H3,(H2,19,21,22,23). The largest absolute Gasteiger partial charge is 0.368 e. The summed E-state index contributed by atoms with van der Waals surface area (Å²) in [7, 11) is 0. The Balaban J connectivity index is 1.87. The highest BCUT2D eigenvalue weighted by atomic mass is 35.5. The van der Waals surface area contributed by atoms with Gasteiger partial charge in [0, 0.05) is 31.1 Å². The molecule has 0 radical (unpaired) electrons. The van der Waals surface area contributed by atoms with Crippen molar-refractivity contribution in [2.75, 3.05) is 36.8 Å². The second-order valence-corrected chi connectivity index (χ2v) is 7.69. The first kappa shape index (κ1) is 18.5. The first-order valence-corrected chi connectivity index (χ1v) is 9.79. The van der Waals surface area contributed by atoms with E-state index in [1.165, 1.54) is 0 Å². The maximum Gasteiger partial charge on any atom is 0.230 e. The molecule has 2 heterocycles. The number of halogens is 2. The summed E-state index contributed by atoms with van der Waals surface area (Å²) in [6, 6.07) is 5.61. The van der Waals surface area contributed by atoms with Gasteiger partial charge in [-0.05, 0) is 18.6 Å². The molecule has 3 rings (SSSR count). The van der Waals surface area contributed by atoms with E-state index in [2.05, 4.69) is 32.1 Å². The quantitative estimate of drug-likeness (QED) is 0.746. The van der Waals surface area contributed by atoms with E-state index in [1.807, 2.05) is 12.1 Å². The number of piperazine rings is 1. The van der Waals surface area contributed by atoms with E-state index in [0.29, 0.717) is 21.8 Å². The van der Waals surface area contributed by atoms with Crippen LogP contribution in [0.1, 0.15) is 24.4 Å². The number of nitrogens with one attached hydrogen (secondary N) is 1. The third-order valence-corrected chi connectivity index (χ3v) is 6.26. The summed E-state index contributed by atoms with van der Waals surface area (Å²) >= 11 is 14.0. The molecule has 0 amide bonds. The summed E-state index contributed by atoms with van der Waals surface area (Å²) in [5.41, 5.74) is 5.95. The number of rotatable bonds is 5. The van der Waals surface area contributed by atoms with Crippen LogP contribution < -0.4 is 16.0 Å². The first-order valence-electron chi connectivity index (χ1n) is 8.16. The summed E-state index contributed by atoms with van der Waals surface area (Å²) in [4.78, 5) is 16.4. The fourth-order valence-corrected chi connectivity index (χ4v) is 4.14. The average molecular weight is 399 g/mol. The van der Waals surface area contributed by atoms with Crippen LogP contribution in [0.4, 0.5) is 11.9 Å². The van der Waals surface area contributed by atoms with Crippen molar-refractivity contribution in [3.8, 4) is 0 Å². The lowest BCUT2D eigenvalue weighted by Gasteiger charge is -2.28.